The average molecular weight is 240 g/mol. The molecule has 2 N–H and O–H groups in total. The Bertz CT molecular complexity index is 295. The molecule has 0 aromatic carbocycles. The van der Waals surface area contributed by atoms with Crippen LogP contribution in [-0.2, 0) is 9.53 Å². The fourth-order valence-corrected chi connectivity index (χ4v) is 2.71. The summed E-state index contributed by atoms with van der Waals surface area (Å²) < 4.78 is 5.54. The Morgan fingerprint density at radius 3 is 2.76 bits per heavy atom. The van der Waals surface area contributed by atoms with Crippen LogP contribution in [-0.4, -0.2) is 36.2 Å². The van der Waals surface area contributed by atoms with Crippen LogP contribution in [0.4, 0.5) is 0 Å². The Labute approximate surface area is 103 Å². The zero-order valence-corrected chi connectivity index (χ0v) is 11.1. The summed E-state index contributed by atoms with van der Waals surface area (Å²) >= 11 is 0. The van der Waals surface area contributed by atoms with E-state index in [9.17, 15) is 4.79 Å². The van der Waals surface area contributed by atoms with E-state index < -0.39 is 0 Å². The van der Waals surface area contributed by atoms with E-state index in [0.29, 0.717) is 6.04 Å². The van der Waals surface area contributed by atoms with Crippen molar-refractivity contribution in [2.45, 2.75) is 70.2 Å². The summed E-state index contributed by atoms with van der Waals surface area (Å²) in [7, 11) is 0. The monoisotopic (exact) mass is 240 g/mol. The second kappa shape index (κ2) is 4.94. The minimum Gasteiger partial charge on any atom is -0.376 e. The predicted molar refractivity (Wildman–Crippen MR) is 66.8 cm³/mol. The molecule has 2 aliphatic rings. The second-order valence-corrected chi connectivity index (χ2v) is 5.72. The molecule has 4 atom stereocenters. The van der Waals surface area contributed by atoms with Gasteiger partial charge in [-0.15, -0.1) is 0 Å². The molecule has 2 heterocycles. The van der Waals surface area contributed by atoms with Crippen LogP contribution >= 0.6 is 0 Å². The number of ether oxygens (including phenoxy) is 1. The van der Waals surface area contributed by atoms with Gasteiger partial charge in [-0.2, -0.15) is 0 Å². The predicted octanol–water partition coefficient (Wildman–Crippen LogP) is 1.20. The first kappa shape index (κ1) is 12.8. The number of amides is 1. The van der Waals surface area contributed by atoms with Crippen molar-refractivity contribution >= 4 is 5.91 Å². The molecule has 2 rings (SSSR count). The maximum absolute atomic E-state index is 12.2. The van der Waals surface area contributed by atoms with E-state index >= 15 is 0 Å². The first-order valence-electron chi connectivity index (χ1n) is 6.71. The van der Waals surface area contributed by atoms with Gasteiger partial charge in [0.1, 0.15) is 0 Å². The maximum Gasteiger partial charge on any atom is 0.237 e. The quantitative estimate of drug-likeness (QED) is 0.762. The third-order valence-corrected chi connectivity index (χ3v) is 4.23. The highest BCUT2D eigenvalue weighted by Gasteiger charge is 2.39. The molecular formula is C13H24N2O2. The molecule has 0 aromatic heterocycles. The fourth-order valence-electron chi connectivity index (χ4n) is 2.71. The number of rotatable bonds is 2. The van der Waals surface area contributed by atoms with Crippen LogP contribution in [0.2, 0.25) is 0 Å². The Morgan fingerprint density at radius 2 is 2.18 bits per heavy atom. The van der Waals surface area contributed by atoms with Crippen molar-refractivity contribution in [3.63, 3.8) is 0 Å². The van der Waals surface area contributed by atoms with Crippen LogP contribution < -0.4 is 10.6 Å². The number of carbonyl (C=O) groups excluding carboxylic acids is 1. The topological polar surface area (TPSA) is 50.4 Å². The molecule has 2 fully saturated rings. The molecule has 4 nitrogen and oxygen atoms in total. The van der Waals surface area contributed by atoms with Gasteiger partial charge in [0.25, 0.3) is 0 Å². The molecule has 0 bridgehead atoms. The molecule has 2 saturated heterocycles. The van der Waals surface area contributed by atoms with E-state index in [0.717, 1.165) is 25.9 Å². The molecule has 0 aliphatic carbocycles. The van der Waals surface area contributed by atoms with Crippen LogP contribution in [0.3, 0.4) is 0 Å². The highest BCUT2D eigenvalue weighted by atomic mass is 16.5. The fraction of sp³-hybridized carbons (Fsp3) is 0.923. The molecule has 17 heavy (non-hydrogen) atoms. The van der Waals surface area contributed by atoms with E-state index in [-0.39, 0.29) is 23.6 Å². The van der Waals surface area contributed by atoms with Crippen LogP contribution in [0.15, 0.2) is 0 Å². The minimum atomic E-state index is -0.195. The van der Waals surface area contributed by atoms with Gasteiger partial charge < -0.3 is 15.4 Å². The molecule has 0 radical (unpaired) electrons. The van der Waals surface area contributed by atoms with E-state index in [1.807, 2.05) is 6.92 Å². The molecule has 1 amide bonds. The van der Waals surface area contributed by atoms with E-state index in [1.54, 1.807) is 0 Å². The Hall–Kier alpha value is -0.610. The standard InChI is InChI=1S/C13H24N2O2/c1-9-5-4-6-11(14-9)12(16)15-13(3)7-8-17-10(13)2/h9-11,14H,4-8H2,1-3H3,(H,15,16). The van der Waals surface area contributed by atoms with Crippen molar-refractivity contribution in [2.75, 3.05) is 6.61 Å². The van der Waals surface area contributed by atoms with Gasteiger partial charge in [0.05, 0.1) is 17.7 Å². The van der Waals surface area contributed by atoms with Crippen molar-refractivity contribution in [1.29, 1.82) is 0 Å². The first-order valence-corrected chi connectivity index (χ1v) is 6.71. The van der Waals surface area contributed by atoms with Crippen LogP contribution in [0.25, 0.3) is 0 Å². The molecular weight excluding hydrogens is 216 g/mol. The minimum absolute atomic E-state index is 0.0247. The summed E-state index contributed by atoms with van der Waals surface area (Å²) in [4.78, 5) is 12.2. The van der Waals surface area contributed by atoms with Crippen molar-refractivity contribution in [3.05, 3.63) is 0 Å². The number of piperidine rings is 1. The maximum atomic E-state index is 12.2. The van der Waals surface area contributed by atoms with Gasteiger partial charge in [0.2, 0.25) is 5.91 Å². The van der Waals surface area contributed by atoms with Gasteiger partial charge in [-0.05, 0) is 46.5 Å². The highest BCUT2D eigenvalue weighted by molar-refractivity contribution is 5.82. The van der Waals surface area contributed by atoms with Gasteiger partial charge in [-0.25, -0.2) is 0 Å². The lowest BCUT2D eigenvalue weighted by molar-refractivity contribution is -0.126. The number of nitrogens with one attached hydrogen (secondary N) is 2. The average Bonchev–Trinajstić information content (AvgIpc) is 2.59. The number of carbonyl (C=O) groups is 1. The summed E-state index contributed by atoms with van der Waals surface area (Å²) in [6.07, 6.45) is 4.26. The Morgan fingerprint density at radius 1 is 1.41 bits per heavy atom. The largest absolute Gasteiger partial charge is 0.376 e. The molecule has 4 unspecified atom stereocenters. The van der Waals surface area contributed by atoms with Gasteiger partial charge in [0.15, 0.2) is 0 Å². The van der Waals surface area contributed by atoms with Gasteiger partial charge in [0, 0.05) is 12.6 Å². The van der Waals surface area contributed by atoms with Gasteiger partial charge in [-0.1, -0.05) is 0 Å². The van der Waals surface area contributed by atoms with Crippen LogP contribution in [0.1, 0.15) is 46.5 Å². The van der Waals surface area contributed by atoms with E-state index in [4.69, 9.17) is 4.74 Å². The first-order chi connectivity index (χ1) is 8.01. The van der Waals surface area contributed by atoms with Gasteiger partial charge >= 0.3 is 0 Å². The SMILES string of the molecule is CC1CCCC(C(=O)NC2(C)CCOC2C)N1. The third kappa shape index (κ3) is 2.80. The van der Waals surface area contributed by atoms with Gasteiger partial charge in [-0.3, -0.25) is 4.79 Å². The summed E-state index contributed by atoms with van der Waals surface area (Å²) in [6.45, 7) is 6.99. The van der Waals surface area contributed by atoms with Crippen molar-refractivity contribution < 1.29 is 9.53 Å². The molecule has 4 heteroatoms. The van der Waals surface area contributed by atoms with Crippen molar-refractivity contribution in [2.24, 2.45) is 0 Å². The number of hydrogen-bond donors (Lipinski definition) is 2. The normalized spacial score (nSPS) is 42.4. The highest BCUT2D eigenvalue weighted by Crippen LogP contribution is 2.25. The van der Waals surface area contributed by atoms with Crippen LogP contribution in [0.5, 0.6) is 0 Å². The van der Waals surface area contributed by atoms with Crippen LogP contribution in [0, 0.1) is 0 Å². The summed E-state index contributed by atoms with van der Waals surface area (Å²) in [6, 6.07) is 0.424. The van der Waals surface area contributed by atoms with Crippen molar-refractivity contribution in [1.82, 2.24) is 10.6 Å². The summed E-state index contributed by atoms with van der Waals surface area (Å²) in [5.41, 5.74) is -0.195. The Balaban J connectivity index is 1.92. The molecule has 98 valence electrons. The van der Waals surface area contributed by atoms with E-state index in [1.165, 1.54) is 6.42 Å². The zero-order chi connectivity index (χ0) is 12.5. The summed E-state index contributed by atoms with van der Waals surface area (Å²) in [5, 5.41) is 6.54. The molecule has 2 aliphatic heterocycles. The van der Waals surface area contributed by atoms with Crippen molar-refractivity contribution in [3.8, 4) is 0 Å². The Kier molecular flexibility index (Phi) is 3.73. The second-order valence-electron chi connectivity index (χ2n) is 5.72. The molecule has 0 aromatic rings. The lowest BCUT2D eigenvalue weighted by atomic mass is 9.92. The summed E-state index contributed by atoms with van der Waals surface area (Å²) in [5.74, 6) is 0.136. The molecule has 0 spiro atoms. The lowest BCUT2D eigenvalue weighted by Crippen LogP contribution is -2.58. The number of hydrogen-bond acceptors (Lipinski definition) is 3. The third-order valence-electron chi connectivity index (χ3n) is 4.23. The van der Waals surface area contributed by atoms with E-state index in [2.05, 4.69) is 24.5 Å². The smallest absolute Gasteiger partial charge is 0.237 e. The zero-order valence-electron chi connectivity index (χ0n) is 11.1. The molecule has 0 saturated carbocycles. The lowest BCUT2D eigenvalue weighted by Gasteiger charge is -2.34.